The molecule has 3 atom stereocenters. The van der Waals surface area contributed by atoms with Gasteiger partial charge in [-0.25, -0.2) is 8.42 Å². The Morgan fingerprint density at radius 3 is 2.52 bits per heavy atom. The highest BCUT2D eigenvalue weighted by Gasteiger charge is 2.46. The number of likely N-dealkylation sites (tertiary alicyclic amines) is 1. The quantitative estimate of drug-likeness (QED) is 0.400. The fraction of sp³-hybridized carbons (Fsp3) is 0.480. The van der Waals surface area contributed by atoms with Crippen LogP contribution >= 0.6 is 22.9 Å². The summed E-state index contributed by atoms with van der Waals surface area (Å²) in [5.74, 6) is 0.331. The predicted molar refractivity (Wildman–Crippen MR) is 135 cm³/mol. The Bertz CT molecular complexity index is 1070. The van der Waals surface area contributed by atoms with Crippen LogP contribution in [-0.2, 0) is 21.4 Å². The largest absolute Gasteiger partial charge is 0.331 e. The molecule has 1 aliphatic heterocycles. The summed E-state index contributed by atoms with van der Waals surface area (Å²) in [7, 11) is -3.44. The van der Waals surface area contributed by atoms with Crippen molar-refractivity contribution in [2.24, 2.45) is 11.8 Å². The van der Waals surface area contributed by atoms with Crippen LogP contribution in [0.5, 0.6) is 0 Å². The van der Waals surface area contributed by atoms with Gasteiger partial charge in [0.05, 0.1) is 12.3 Å². The summed E-state index contributed by atoms with van der Waals surface area (Å²) in [6.45, 7) is 4.50. The number of hydrogen-bond acceptors (Lipinski definition) is 4. The molecule has 2 unspecified atom stereocenters. The second-order valence-corrected chi connectivity index (χ2v) is 12.6. The average molecular weight is 507 g/mol. The van der Waals surface area contributed by atoms with E-state index < -0.39 is 10.0 Å². The number of rotatable bonds is 10. The van der Waals surface area contributed by atoms with E-state index in [1.54, 1.807) is 15.6 Å². The Morgan fingerprint density at radius 1 is 1.21 bits per heavy atom. The van der Waals surface area contributed by atoms with Crippen LogP contribution in [0, 0.1) is 11.8 Å². The number of halogens is 1. The number of piperidine rings is 1. The zero-order valence-electron chi connectivity index (χ0n) is 18.9. The maximum Gasteiger partial charge on any atom is 0.226 e. The first-order valence-electron chi connectivity index (χ1n) is 11.4. The third-order valence-electron chi connectivity index (χ3n) is 6.73. The number of benzene rings is 1. The Balaban J connectivity index is 1.68. The van der Waals surface area contributed by atoms with Gasteiger partial charge in [0.15, 0.2) is 0 Å². The van der Waals surface area contributed by atoms with Crippen molar-refractivity contribution in [2.75, 3.05) is 12.8 Å². The number of hydrogen-bond donors (Lipinski definition) is 0. The number of amides is 1. The molecule has 33 heavy (non-hydrogen) atoms. The summed E-state index contributed by atoms with van der Waals surface area (Å²) >= 11 is 7.68. The minimum absolute atomic E-state index is 0.0791. The van der Waals surface area contributed by atoms with Gasteiger partial charge in [-0.05, 0) is 67.2 Å². The highest BCUT2D eigenvalue weighted by Crippen LogP contribution is 2.44. The summed E-state index contributed by atoms with van der Waals surface area (Å²) in [6, 6.07) is 11.4. The van der Waals surface area contributed by atoms with Gasteiger partial charge in [0.25, 0.3) is 0 Å². The molecule has 1 amide bonds. The van der Waals surface area contributed by atoms with Gasteiger partial charge >= 0.3 is 0 Å². The highest BCUT2D eigenvalue weighted by atomic mass is 35.5. The normalized spacial score (nSPS) is 22.5. The summed E-state index contributed by atoms with van der Waals surface area (Å²) < 4.78 is 27.1. The van der Waals surface area contributed by atoms with Gasteiger partial charge < -0.3 is 4.90 Å². The number of carbonyl (C=O) groups is 1. The predicted octanol–water partition coefficient (Wildman–Crippen LogP) is 5.50. The molecule has 0 bridgehead atoms. The van der Waals surface area contributed by atoms with Crippen molar-refractivity contribution in [3.63, 3.8) is 0 Å². The third-order valence-corrected chi connectivity index (χ3v) is 9.06. The molecule has 2 aromatic rings. The number of sulfonamides is 1. The SMILES string of the molecule is C=CC[C@H]1CCC(c2ccc(Cl)cc2)N(C(CN(Cc2cccs2)S(C)(=O)=O)C2CC2)C1=O. The first-order chi connectivity index (χ1) is 15.8. The Labute approximate surface area is 206 Å². The molecule has 0 N–H and O–H groups in total. The van der Waals surface area contributed by atoms with Crippen LogP contribution in [-0.4, -0.2) is 42.4 Å². The topological polar surface area (TPSA) is 57.7 Å². The standard InChI is InChI=1S/C25H31ClN2O3S2/c1-3-5-20-11-14-23(18-9-12-21(26)13-10-18)28(25(20)29)24(19-7-8-19)17-27(33(2,30)31)16-22-6-4-15-32-22/h3-4,6,9-10,12-13,15,19-20,23-24H,1,5,7-8,11,14,16-17H2,2H3/t20-,23?,24?/m0/s1. The van der Waals surface area contributed by atoms with E-state index in [-0.39, 0.29) is 23.9 Å². The van der Waals surface area contributed by atoms with Gasteiger partial charge in [-0.1, -0.05) is 35.9 Å². The second-order valence-electron chi connectivity index (χ2n) is 9.15. The van der Waals surface area contributed by atoms with Crippen molar-refractivity contribution in [2.45, 2.75) is 50.7 Å². The molecular weight excluding hydrogens is 476 g/mol. The maximum absolute atomic E-state index is 13.8. The Kier molecular flexibility index (Phi) is 7.63. The van der Waals surface area contributed by atoms with Crippen LogP contribution in [0.15, 0.2) is 54.4 Å². The monoisotopic (exact) mass is 506 g/mol. The zero-order chi connectivity index (χ0) is 23.6. The van der Waals surface area contributed by atoms with Crippen molar-refractivity contribution in [1.29, 1.82) is 0 Å². The number of thiophene rings is 1. The molecule has 8 heteroatoms. The van der Waals surface area contributed by atoms with Gasteiger partial charge in [-0.3, -0.25) is 4.79 Å². The van der Waals surface area contributed by atoms with E-state index in [0.717, 1.165) is 36.1 Å². The molecular formula is C25H31ClN2O3S2. The van der Waals surface area contributed by atoms with E-state index in [9.17, 15) is 13.2 Å². The molecule has 1 aliphatic carbocycles. The minimum atomic E-state index is -3.44. The van der Waals surface area contributed by atoms with E-state index in [2.05, 4.69) is 6.58 Å². The van der Waals surface area contributed by atoms with Crippen LogP contribution in [0.1, 0.15) is 48.6 Å². The van der Waals surface area contributed by atoms with E-state index in [0.29, 0.717) is 30.5 Å². The minimum Gasteiger partial charge on any atom is -0.331 e. The molecule has 2 heterocycles. The Morgan fingerprint density at radius 2 is 1.94 bits per heavy atom. The van der Waals surface area contributed by atoms with E-state index in [4.69, 9.17) is 11.6 Å². The maximum atomic E-state index is 13.8. The zero-order valence-corrected chi connectivity index (χ0v) is 21.3. The van der Waals surface area contributed by atoms with Gasteiger partial charge in [0.2, 0.25) is 15.9 Å². The molecule has 0 spiro atoms. The molecule has 5 nitrogen and oxygen atoms in total. The molecule has 178 valence electrons. The molecule has 2 fully saturated rings. The lowest BCUT2D eigenvalue weighted by atomic mass is 9.84. The highest BCUT2D eigenvalue weighted by molar-refractivity contribution is 7.88. The third kappa shape index (κ3) is 5.88. The van der Waals surface area contributed by atoms with Crippen LogP contribution in [0.2, 0.25) is 5.02 Å². The fourth-order valence-electron chi connectivity index (χ4n) is 4.86. The van der Waals surface area contributed by atoms with Gasteiger partial charge in [-0.2, -0.15) is 4.31 Å². The van der Waals surface area contributed by atoms with Crippen molar-refractivity contribution >= 4 is 38.9 Å². The van der Waals surface area contributed by atoms with Crippen molar-refractivity contribution < 1.29 is 13.2 Å². The lowest BCUT2D eigenvalue weighted by Gasteiger charge is -2.45. The van der Waals surface area contributed by atoms with Crippen LogP contribution in [0.25, 0.3) is 0 Å². The summed E-state index contributed by atoms with van der Waals surface area (Å²) in [5.41, 5.74) is 1.06. The van der Waals surface area contributed by atoms with Crippen molar-refractivity contribution in [3.05, 3.63) is 69.9 Å². The molecule has 1 saturated heterocycles. The average Bonchev–Trinajstić information content (AvgIpc) is 3.48. The molecule has 2 aliphatic rings. The fourth-order valence-corrected chi connectivity index (χ4v) is 6.58. The van der Waals surface area contributed by atoms with E-state index in [1.165, 1.54) is 6.26 Å². The summed E-state index contributed by atoms with van der Waals surface area (Å²) in [5, 5.41) is 2.62. The number of nitrogens with zero attached hydrogens (tertiary/aromatic N) is 2. The smallest absolute Gasteiger partial charge is 0.226 e. The lowest BCUT2D eigenvalue weighted by molar-refractivity contribution is -0.146. The Hall–Kier alpha value is -1.67. The lowest BCUT2D eigenvalue weighted by Crippen LogP contribution is -2.54. The van der Waals surface area contributed by atoms with Gasteiger partial charge in [-0.15, -0.1) is 17.9 Å². The van der Waals surface area contributed by atoms with E-state index in [1.807, 2.05) is 52.8 Å². The first kappa shape index (κ1) is 24.5. The molecule has 0 radical (unpaired) electrons. The molecule has 1 aromatic carbocycles. The summed E-state index contributed by atoms with van der Waals surface area (Å²) in [6.07, 6.45) is 7.41. The van der Waals surface area contributed by atoms with Crippen molar-refractivity contribution in [3.8, 4) is 0 Å². The molecule has 1 aromatic heterocycles. The first-order valence-corrected chi connectivity index (χ1v) is 14.5. The molecule has 4 rings (SSSR count). The van der Waals surface area contributed by atoms with Crippen LogP contribution in [0.3, 0.4) is 0 Å². The molecule has 1 saturated carbocycles. The number of carbonyl (C=O) groups excluding carboxylic acids is 1. The van der Waals surface area contributed by atoms with Gasteiger partial charge in [0, 0.05) is 34.9 Å². The number of allylic oxidation sites excluding steroid dienone is 1. The second kappa shape index (κ2) is 10.3. The van der Waals surface area contributed by atoms with Crippen LogP contribution in [0.4, 0.5) is 0 Å². The van der Waals surface area contributed by atoms with Gasteiger partial charge in [0.1, 0.15) is 0 Å². The van der Waals surface area contributed by atoms with Crippen LogP contribution < -0.4 is 0 Å². The van der Waals surface area contributed by atoms with Crippen molar-refractivity contribution in [1.82, 2.24) is 9.21 Å². The van der Waals surface area contributed by atoms with E-state index >= 15 is 0 Å². The summed E-state index contributed by atoms with van der Waals surface area (Å²) in [4.78, 5) is 16.8.